The van der Waals surface area contributed by atoms with Crippen molar-refractivity contribution in [2.45, 2.75) is 33.4 Å². The molecule has 2 heterocycles. The molecule has 0 saturated carbocycles. The van der Waals surface area contributed by atoms with E-state index in [-0.39, 0.29) is 0 Å². The van der Waals surface area contributed by atoms with Crippen molar-refractivity contribution in [2.24, 2.45) is 0 Å². The molecule has 0 amide bonds. The van der Waals surface area contributed by atoms with Crippen LogP contribution in [-0.4, -0.2) is 9.38 Å². The zero-order chi connectivity index (χ0) is 14.8. The van der Waals surface area contributed by atoms with Crippen molar-refractivity contribution in [3.8, 4) is 0 Å². The second-order valence-electron chi connectivity index (χ2n) is 5.66. The summed E-state index contributed by atoms with van der Waals surface area (Å²) < 4.78 is 2.06. The fraction of sp³-hybridized carbons (Fsp3) is 0.278. The minimum absolute atomic E-state index is 0.315. The second kappa shape index (κ2) is 5.70. The van der Waals surface area contributed by atoms with Crippen LogP contribution in [-0.2, 0) is 6.54 Å². The van der Waals surface area contributed by atoms with Crippen molar-refractivity contribution in [2.75, 3.05) is 0 Å². The van der Waals surface area contributed by atoms with Gasteiger partial charge in [0, 0.05) is 25.0 Å². The molecule has 0 aliphatic heterocycles. The fourth-order valence-corrected chi connectivity index (χ4v) is 2.67. The van der Waals surface area contributed by atoms with E-state index in [2.05, 4.69) is 59.9 Å². The molecule has 21 heavy (non-hydrogen) atoms. The zero-order valence-corrected chi connectivity index (χ0v) is 12.8. The SMILES string of the molecule is Cc1ccc(C)c(C(C)NCc2cn3ccccc3n2)c1. The number of aromatic nitrogens is 2. The van der Waals surface area contributed by atoms with Crippen LogP contribution < -0.4 is 5.32 Å². The van der Waals surface area contributed by atoms with E-state index in [9.17, 15) is 0 Å². The Kier molecular flexibility index (Phi) is 3.76. The molecule has 1 aromatic carbocycles. The van der Waals surface area contributed by atoms with Crippen LogP contribution in [0.15, 0.2) is 48.8 Å². The van der Waals surface area contributed by atoms with Gasteiger partial charge in [0.05, 0.1) is 5.69 Å². The zero-order valence-electron chi connectivity index (χ0n) is 12.8. The number of benzene rings is 1. The summed E-state index contributed by atoms with van der Waals surface area (Å²) in [6.45, 7) is 7.28. The van der Waals surface area contributed by atoms with Gasteiger partial charge in [-0.15, -0.1) is 0 Å². The first-order chi connectivity index (χ1) is 10.1. The normalized spacial score (nSPS) is 12.7. The lowest BCUT2D eigenvalue weighted by Crippen LogP contribution is -2.19. The standard InChI is InChI=1S/C18H21N3/c1-13-7-8-14(2)17(10-13)15(3)19-11-16-12-21-9-5-4-6-18(21)20-16/h4-10,12,15,19H,11H2,1-3H3. The average Bonchev–Trinajstić information content (AvgIpc) is 2.90. The van der Waals surface area contributed by atoms with Crippen molar-refractivity contribution < 1.29 is 0 Å². The number of nitrogens with one attached hydrogen (secondary N) is 1. The summed E-state index contributed by atoms with van der Waals surface area (Å²) >= 11 is 0. The number of pyridine rings is 1. The van der Waals surface area contributed by atoms with E-state index in [0.717, 1.165) is 17.9 Å². The minimum atomic E-state index is 0.315. The molecule has 0 spiro atoms. The topological polar surface area (TPSA) is 29.3 Å². The van der Waals surface area contributed by atoms with Gasteiger partial charge in [-0.05, 0) is 44.0 Å². The van der Waals surface area contributed by atoms with E-state index in [1.807, 2.05) is 24.4 Å². The summed E-state index contributed by atoms with van der Waals surface area (Å²) in [6.07, 6.45) is 4.11. The van der Waals surface area contributed by atoms with Gasteiger partial charge in [-0.1, -0.05) is 29.8 Å². The summed E-state index contributed by atoms with van der Waals surface area (Å²) in [7, 11) is 0. The summed E-state index contributed by atoms with van der Waals surface area (Å²) in [4.78, 5) is 4.62. The molecule has 3 heteroatoms. The highest BCUT2D eigenvalue weighted by atomic mass is 15.0. The molecule has 1 atom stereocenters. The third-order valence-electron chi connectivity index (χ3n) is 3.90. The molecule has 1 unspecified atom stereocenters. The predicted octanol–water partition coefficient (Wildman–Crippen LogP) is 3.80. The quantitative estimate of drug-likeness (QED) is 0.787. The monoisotopic (exact) mass is 279 g/mol. The Hall–Kier alpha value is -2.13. The third kappa shape index (κ3) is 2.98. The van der Waals surface area contributed by atoms with Gasteiger partial charge in [0.1, 0.15) is 5.65 Å². The maximum atomic E-state index is 4.62. The second-order valence-corrected chi connectivity index (χ2v) is 5.66. The summed E-state index contributed by atoms with van der Waals surface area (Å²) in [5.74, 6) is 0. The number of fused-ring (bicyclic) bond motifs is 1. The van der Waals surface area contributed by atoms with Gasteiger partial charge < -0.3 is 9.72 Å². The molecule has 0 bridgehead atoms. The maximum Gasteiger partial charge on any atom is 0.137 e. The fourth-order valence-electron chi connectivity index (χ4n) is 2.67. The first-order valence-corrected chi connectivity index (χ1v) is 7.36. The van der Waals surface area contributed by atoms with Gasteiger partial charge in [-0.25, -0.2) is 4.98 Å². The maximum absolute atomic E-state index is 4.62. The average molecular weight is 279 g/mol. The molecule has 0 radical (unpaired) electrons. The Morgan fingerprint density at radius 1 is 1.19 bits per heavy atom. The summed E-state index contributed by atoms with van der Waals surface area (Å²) in [6, 6.07) is 13.0. The largest absolute Gasteiger partial charge is 0.307 e. The highest BCUT2D eigenvalue weighted by Gasteiger charge is 2.09. The van der Waals surface area contributed by atoms with Crippen LogP contribution in [0.1, 0.15) is 35.3 Å². The highest BCUT2D eigenvalue weighted by Crippen LogP contribution is 2.19. The Bertz CT molecular complexity index is 725. The van der Waals surface area contributed by atoms with Gasteiger partial charge in [0.2, 0.25) is 0 Å². The molecule has 0 aliphatic carbocycles. The molecule has 3 rings (SSSR count). The van der Waals surface area contributed by atoms with Gasteiger partial charge in [0.25, 0.3) is 0 Å². The van der Waals surface area contributed by atoms with E-state index in [4.69, 9.17) is 0 Å². The molecule has 108 valence electrons. The van der Waals surface area contributed by atoms with Crippen LogP contribution >= 0.6 is 0 Å². The van der Waals surface area contributed by atoms with Crippen LogP contribution in [0.4, 0.5) is 0 Å². The highest BCUT2D eigenvalue weighted by molar-refractivity contribution is 5.39. The molecule has 3 aromatic rings. The predicted molar refractivity (Wildman–Crippen MR) is 86.4 cm³/mol. The Balaban J connectivity index is 1.73. The number of hydrogen-bond donors (Lipinski definition) is 1. The number of hydrogen-bond acceptors (Lipinski definition) is 2. The van der Waals surface area contributed by atoms with E-state index < -0.39 is 0 Å². The van der Waals surface area contributed by atoms with E-state index in [1.54, 1.807) is 0 Å². The number of nitrogens with zero attached hydrogens (tertiary/aromatic N) is 2. The first-order valence-electron chi connectivity index (χ1n) is 7.36. The van der Waals surface area contributed by atoms with Crippen LogP contribution in [0, 0.1) is 13.8 Å². The van der Waals surface area contributed by atoms with E-state index >= 15 is 0 Å². The van der Waals surface area contributed by atoms with Gasteiger partial charge in [0.15, 0.2) is 0 Å². The number of rotatable bonds is 4. The van der Waals surface area contributed by atoms with Crippen molar-refractivity contribution in [3.05, 3.63) is 71.2 Å². The lowest BCUT2D eigenvalue weighted by atomic mass is 10.00. The van der Waals surface area contributed by atoms with Gasteiger partial charge in [-0.3, -0.25) is 0 Å². The number of aryl methyl sites for hydroxylation is 2. The van der Waals surface area contributed by atoms with Crippen LogP contribution in [0.5, 0.6) is 0 Å². The molecule has 0 fully saturated rings. The minimum Gasteiger partial charge on any atom is -0.307 e. The molecular formula is C18H21N3. The van der Waals surface area contributed by atoms with Crippen molar-refractivity contribution >= 4 is 5.65 Å². The Morgan fingerprint density at radius 3 is 2.86 bits per heavy atom. The van der Waals surface area contributed by atoms with Crippen molar-refractivity contribution in [3.63, 3.8) is 0 Å². The molecule has 0 saturated heterocycles. The van der Waals surface area contributed by atoms with Crippen LogP contribution in [0.3, 0.4) is 0 Å². The Morgan fingerprint density at radius 2 is 2.05 bits per heavy atom. The molecule has 0 aliphatic rings. The van der Waals surface area contributed by atoms with Crippen LogP contribution in [0.2, 0.25) is 0 Å². The smallest absolute Gasteiger partial charge is 0.137 e. The van der Waals surface area contributed by atoms with E-state index in [1.165, 1.54) is 16.7 Å². The molecule has 1 N–H and O–H groups in total. The lowest BCUT2D eigenvalue weighted by Gasteiger charge is -2.16. The van der Waals surface area contributed by atoms with Gasteiger partial charge in [-0.2, -0.15) is 0 Å². The third-order valence-corrected chi connectivity index (χ3v) is 3.90. The number of imidazole rings is 1. The molecular weight excluding hydrogens is 258 g/mol. The van der Waals surface area contributed by atoms with E-state index in [0.29, 0.717) is 6.04 Å². The lowest BCUT2D eigenvalue weighted by molar-refractivity contribution is 0.566. The summed E-state index contributed by atoms with van der Waals surface area (Å²) in [5, 5.41) is 3.57. The van der Waals surface area contributed by atoms with Crippen LogP contribution in [0.25, 0.3) is 5.65 Å². The van der Waals surface area contributed by atoms with Crippen molar-refractivity contribution in [1.82, 2.24) is 14.7 Å². The first kappa shape index (κ1) is 13.8. The Labute approximate surface area is 125 Å². The van der Waals surface area contributed by atoms with Gasteiger partial charge >= 0.3 is 0 Å². The molecule has 2 aromatic heterocycles. The summed E-state index contributed by atoms with van der Waals surface area (Å²) in [5.41, 5.74) is 6.05. The molecule has 3 nitrogen and oxygen atoms in total. The van der Waals surface area contributed by atoms with Crippen molar-refractivity contribution in [1.29, 1.82) is 0 Å².